The molecule has 0 N–H and O–H groups in total. The number of carbonyl (C=O) groups excluding carboxylic acids is 1. The first-order chi connectivity index (χ1) is 16.5. The van der Waals surface area contributed by atoms with E-state index in [4.69, 9.17) is 12.2 Å². The molecule has 0 atom stereocenters. The lowest BCUT2D eigenvalue weighted by Crippen LogP contribution is -2.45. The van der Waals surface area contributed by atoms with Gasteiger partial charge in [0.05, 0.1) is 21.7 Å². The van der Waals surface area contributed by atoms with Gasteiger partial charge in [-0.3, -0.25) is 14.5 Å². The Morgan fingerprint density at radius 3 is 2.47 bits per heavy atom. The lowest BCUT2D eigenvalue weighted by molar-refractivity contribution is -0.124. The fourth-order valence-electron chi connectivity index (χ4n) is 5.49. The molecule has 3 fully saturated rings. The van der Waals surface area contributed by atoms with Crippen molar-refractivity contribution in [3.63, 3.8) is 0 Å². The zero-order chi connectivity index (χ0) is 23.8. The van der Waals surface area contributed by atoms with Crippen LogP contribution in [0.5, 0.6) is 0 Å². The maximum Gasteiger partial charge on any atom is 0.266 e. The highest BCUT2D eigenvalue weighted by atomic mass is 32.2. The van der Waals surface area contributed by atoms with Gasteiger partial charge in [0.1, 0.15) is 4.32 Å². The van der Waals surface area contributed by atoms with E-state index in [0.717, 1.165) is 68.5 Å². The first kappa shape index (κ1) is 23.6. The maximum absolute atomic E-state index is 13.8. The van der Waals surface area contributed by atoms with Gasteiger partial charge >= 0.3 is 0 Å². The second-order valence-electron chi connectivity index (χ2n) is 9.46. The molecule has 1 aromatic carbocycles. The lowest BCUT2D eigenvalue weighted by atomic mass is 9.94. The number of nitrogens with zero attached hydrogens (tertiary/aromatic N) is 4. The summed E-state index contributed by atoms with van der Waals surface area (Å²) in [5.74, 6) is -0.0400. The molecule has 34 heavy (non-hydrogen) atoms. The van der Waals surface area contributed by atoms with Crippen LogP contribution >= 0.6 is 24.0 Å². The van der Waals surface area contributed by atoms with Crippen LogP contribution < -0.4 is 10.5 Å². The Kier molecular flexibility index (Phi) is 6.82. The van der Waals surface area contributed by atoms with Gasteiger partial charge in [0, 0.05) is 44.2 Å². The predicted molar refractivity (Wildman–Crippen MR) is 145 cm³/mol. The molecule has 3 aliphatic rings. The number of para-hydroxylation sites is 1. The molecule has 0 bridgehead atoms. The Labute approximate surface area is 210 Å². The van der Waals surface area contributed by atoms with Gasteiger partial charge in [-0.15, -0.1) is 0 Å². The fraction of sp³-hybridized carbons (Fsp3) is 0.500. The number of fused-ring (bicyclic) bond motifs is 1. The fourth-order valence-corrected chi connectivity index (χ4v) is 6.87. The number of aryl methyl sites for hydroxylation is 1. The number of aromatic nitrogens is 1. The summed E-state index contributed by atoms with van der Waals surface area (Å²) in [6.45, 7) is 6.14. The molecule has 1 aliphatic carbocycles. The standard InChI is InChI=1S/C26H32N4O2S2/c1-3-29-21-12-8-7-11-19(21)23(28-15-13-27(2)14-16-28)20(24(29)31)17-22-25(32)30(26(33)34-22)18-9-5-4-6-10-18/h7-8,11-12,17-18H,3-6,9-10,13-16H2,1-2H3. The molecule has 1 saturated carbocycles. The van der Waals surface area contributed by atoms with Crippen molar-refractivity contribution in [2.45, 2.75) is 51.6 Å². The Morgan fingerprint density at radius 1 is 1.06 bits per heavy atom. The number of hydrogen-bond acceptors (Lipinski definition) is 6. The number of hydrogen-bond donors (Lipinski definition) is 0. The van der Waals surface area contributed by atoms with E-state index in [2.05, 4.69) is 22.9 Å². The third kappa shape index (κ3) is 4.20. The molecule has 2 saturated heterocycles. The molecule has 0 radical (unpaired) electrons. The summed E-state index contributed by atoms with van der Waals surface area (Å²) < 4.78 is 2.45. The molecular formula is C26H32N4O2S2. The second-order valence-corrected chi connectivity index (χ2v) is 11.1. The Balaban J connectivity index is 1.64. The highest BCUT2D eigenvalue weighted by molar-refractivity contribution is 8.26. The van der Waals surface area contributed by atoms with Gasteiger partial charge < -0.3 is 14.4 Å². The van der Waals surface area contributed by atoms with Crippen molar-refractivity contribution in [2.24, 2.45) is 0 Å². The van der Waals surface area contributed by atoms with Crippen molar-refractivity contribution in [2.75, 3.05) is 38.1 Å². The Morgan fingerprint density at radius 2 is 1.76 bits per heavy atom. The number of thiocarbonyl (C=S) groups is 1. The first-order valence-corrected chi connectivity index (χ1v) is 13.6. The summed E-state index contributed by atoms with van der Waals surface area (Å²) in [5.41, 5.74) is 2.45. The number of anilines is 1. The molecular weight excluding hydrogens is 464 g/mol. The van der Waals surface area contributed by atoms with Crippen LogP contribution in [0.3, 0.4) is 0 Å². The molecule has 3 heterocycles. The highest BCUT2D eigenvalue weighted by Crippen LogP contribution is 2.39. The monoisotopic (exact) mass is 496 g/mol. The number of pyridine rings is 1. The molecule has 5 rings (SSSR count). The van der Waals surface area contributed by atoms with Gasteiger partial charge in [0.2, 0.25) is 0 Å². The quantitative estimate of drug-likeness (QED) is 0.465. The summed E-state index contributed by atoms with van der Waals surface area (Å²) in [6, 6.07) is 8.31. The third-order valence-electron chi connectivity index (χ3n) is 7.36. The lowest BCUT2D eigenvalue weighted by Gasteiger charge is -2.35. The topological polar surface area (TPSA) is 48.8 Å². The summed E-state index contributed by atoms with van der Waals surface area (Å²) in [5, 5.41) is 1.06. The average Bonchev–Trinajstić information content (AvgIpc) is 3.13. The van der Waals surface area contributed by atoms with Crippen LogP contribution in [0.4, 0.5) is 5.69 Å². The Hall–Kier alpha value is -2.16. The largest absolute Gasteiger partial charge is 0.368 e. The zero-order valence-corrected chi connectivity index (χ0v) is 21.6. The van der Waals surface area contributed by atoms with Crippen molar-refractivity contribution in [3.05, 3.63) is 45.1 Å². The van der Waals surface area contributed by atoms with Gasteiger partial charge in [0.25, 0.3) is 11.5 Å². The average molecular weight is 497 g/mol. The van der Waals surface area contributed by atoms with Crippen LogP contribution in [-0.2, 0) is 11.3 Å². The van der Waals surface area contributed by atoms with Crippen LogP contribution in [-0.4, -0.2) is 63.9 Å². The smallest absolute Gasteiger partial charge is 0.266 e. The van der Waals surface area contributed by atoms with Gasteiger partial charge in [0.15, 0.2) is 0 Å². The highest BCUT2D eigenvalue weighted by Gasteiger charge is 2.38. The summed E-state index contributed by atoms with van der Waals surface area (Å²) in [6.07, 6.45) is 7.34. The van der Waals surface area contributed by atoms with Gasteiger partial charge in [-0.1, -0.05) is 61.4 Å². The molecule has 0 unspecified atom stereocenters. The molecule has 0 spiro atoms. The van der Waals surface area contributed by atoms with E-state index in [1.165, 1.54) is 18.2 Å². The molecule has 6 nitrogen and oxygen atoms in total. The molecule has 180 valence electrons. The molecule has 2 aromatic rings. The van der Waals surface area contributed by atoms with Crippen LogP contribution in [0.15, 0.2) is 34.0 Å². The Bertz CT molecular complexity index is 1210. The second kappa shape index (κ2) is 9.84. The van der Waals surface area contributed by atoms with Crippen LogP contribution in [0.2, 0.25) is 0 Å². The van der Waals surface area contributed by atoms with E-state index in [0.29, 0.717) is 21.3 Å². The van der Waals surface area contributed by atoms with E-state index in [-0.39, 0.29) is 17.5 Å². The number of benzene rings is 1. The van der Waals surface area contributed by atoms with E-state index in [9.17, 15) is 9.59 Å². The van der Waals surface area contributed by atoms with Gasteiger partial charge in [-0.05, 0) is 39.0 Å². The summed E-state index contributed by atoms with van der Waals surface area (Å²) in [4.78, 5) is 34.3. The maximum atomic E-state index is 13.8. The van der Waals surface area contributed by atoms with Gasteiger partial charge in [-0.2, -0.15) is 0 Å². The van der Waals surface area contributed by atoms with Crippen molar-refractivity contribution < 1.29 is 4.79 Å². The van der Waals surface area contributed by atoms with Gasteiger partial charge in [-0.25, -0.2) is 0 Å². The summed E-state index contributed by atoms with van der Waals surface area (Å²) >= 11 is 7.00. The van der Waals surface area contributed by atoms with Crippen molar-refractivity contribution in [3.8, 4) is 0 Å². The van der Waals surface area contributed by atoms with Crippen LogP contribution in [0, 0.1) is 0 Å². The van der Waals surface area contributed by atoms with E-state index in [1.807, 2.05) is 40.7 Å². The van der Waals surface area contributed by atoms with Crippen LogP contribution in [0.25, 0.3) is 17.0 Å². The minimum Gasteiger partial charge on any atom is -0.368 e. The number of likely N-dealkylation sites (N-methyl/N-ethyl adjacent to an activating group) is 1. The van der Waals surface area contributed by atoms with Crippen molar-refractivity contribution in [1.82, 2.24) is 14.4 Å². The molecule has 1 aromatic heterocycles. The number of thioether (sulfide) groups is 1. The van der Waals surface area contributed by atoms with Crippen LogP contribution in [0.1, 0.15) is 44.6 Å². The zero-order valence-electron chi connectivity index (χ0n) is 20.0. The van der Waals surface area contributed by atoms with E-state index >= 15 is 0 Å². The number of piperazine rings is 1. The SMILES string of the molecule is CCn1c(=O)c(C=C2SC(=S)N(C3CCCCC3)C2=O)c(N2CCN(C)CC2)c2ccccc21. The minimum absolute atomic E-state index is 0.0400. The van der Waals surface area contributed by atoms with E-state index in [1.54, 1.807) is 0 Å². The third-order valence-corrected chi connectivity index (χ3v) is 8.69. The molecule has 8 heteroatoms. The van der Waals surface area contributed by atoms with Crippen molar-refractivity contribution >= 4 is 56.9 Å². The number of carbonyl (C=O) groups is 1. The molecule has 1 amide bonds. The molecule has 2 aliphatic heterocycles. The normalized spacial score (nSPS) is 21.9. The predicted octanol–water partition coefficient (Wildman–Crippen LogP) is 4.31. The van der Waals surface area contributed by atoms with Crippen molar-refractivity contribution in [1.29, 1.82) is 0 Å². The van der Waals surface area contributed by atoms with E-state index < -0.39 is 0 Å². The minimum atomic E-state index is -0.0435. The number of amides is 1. The first-order valence-electron chi connectivity index (χ1n) is 12.4. The number of rotatable bonds is 4. The summed E-state index contributed by atoms with van der Waals surface area (Å²) in [7, 11) is 2.13.